The molecule has 0 bridgehead atoms. The van der Waals surface area contributed by atoms with Crippen LogP contribution in [0, 0.1) is 0 Å². The third-order valence-corrected chi connectivity index (χ3v) is 3.10. The van der Waals surface area contributed by atoms with Crippen molar-refractivity contribution in [1.29, 1.82) is 0 Å². The van der Waals surface area contributed by atoms with Gasteiger partial charge in [-0.05, 0) is 35.9 Å². The third kappa shape index (κ3) is 2.33. The predicted octanol–water partition coefficient (Wildman–Crippen LogP) is 3.28. The molecule has 0 unspecified atom stereocenters. The second-order valence-corrected chi connectivity index (χ2v) is 4.52. The molecule has 0 aromatic carbocycles. The highest BCUT2D eigenvalue weighted by molar-refractivity contribution is 6.33. The van der Waals surface area contributed by atoms with Crippen molar-refractivity contribution in [3.05, 3.63) is 71.4 Å². The van der Waals surface area contributed by atoms with Crippen LogP contribution in [-0.2, 0) is 0 Å². The predicted molar refractivity (Wildman–Crippen MR) is 77.8 cm³/mol. The van der Waals surface area contributed by atoms with E-state index in [0.717, 1.165) is 5.56 Å². The van der Waals surface area contributed by atoms with E-state index in [0.29, 0.717) is 11.3 Å². The molecule has 0 radical (unpaired) electrons. The van der Waals surface area contributed by atoms with Gasteiger partial charge >= 0.3 is 0 Å². The third-order valence-electron chi connectivity index (χ3n) is 2.83. The molecular formula is C15H10ClN3O. The molecule has 0 atom stereocenters. The zero-order valence-electron chi connectivity index (χ0n) is 10.4. The minimum atomic E-state index is -0.197. The number of hydrogen-bond donors (Lipinski definition) is 0. The number of fused-ring (bicyclic) bond motifs is 1. The van der Waals surface area contributed by atoms with Crippen molar-refractivity contribution >= 4 is 29.1 Å². The summed E-state index contributed by atoms with van der Waals surface area (Å²) in [7, 11) is 0. The molecule has 3 aromatic rings. The fraction of sp³-hybridized carbons (Fsp3) is 0. The molecule has 3 aromatic heterocycles. The van der Waals surface area contributed by atoms with E-state index in [2.05, 4.69) is 9.97 Å². The molecule has 3 rings (SSSR count). The minimum absolute atomic E-state index is 0.197. The van der Waals surface area contributed by atoms with Crippen LogP contribution < -0.4 is 0 Å². The Morgan fingerprint density at radius 2 is 2.15 bits per heavy atom. The molecule has 0 amide bonds. The van der Waals surface area contributed by atoms with Crippen LogP contribution in [0.2, 0.25) is 5.15 Å². The minimum Gasteiger partial charge on any atom is -0.295 e. The highest BCUT2D eigenvalue weighted by Gasteiger charge is 2.15. The first-order valence-electron chi connectivity index (χ1n) is 6.01. The Labute approximate surface area is 120 Å². The van der Waals surface area contributed by atoms with Crippen molar-refractivity contribution in [2.75, 3.05) is 0 Å². The molecule has 4 nitrogen and oxygen atoms in total. The van der Waals surface area contributed by atoms with E-state index in [4.69, 9.17) is 11.6 Å². The summed E-state index contributed by atoms with van der Waals surface area (Å²) in [4.78, 5) is 20.4. The van der Waals surface area contributed by atoms with E-state index in [-0.39, 0.29) is 10.9 Å². The number of ketones is 1. The van der Waals surface area contributed by atoms with Crippen molar-refractivity contribution < 1.29 is 4.79 Å². The monoisotopic (exact) mass is 283 g/mol. The highest BCUT2D eigenvalue weighted by atomic mass is 35.5. The second kappa shape index (κ2) is 5.27. The quantitative estimate of drug-likeness (QED) is 0.547. The van der Waals surface area contributed by atoms with Crippen LogP contribution in [0.5, 0.6) is 0 Å². The van der Waals surface area contributed by atoms with E-state index >= 15 is 0 Å². The molecule has 20 heavy (non-hydrogen) atoms. The number of rotatable bonds is 3. The van der Waals surface area contributed by atoms with Gasteiger partial charge in [0.15, 0.2) is 5.15 Å². The summed E-state index contributed by atoms with van der Waals surface area (Å²) >= 11 is 6.05. The second-order valence-electron chi connectivity index (χ2n) is 4.16. The summed E-state index contributed by atoms with van der Waals surface area (Å²) in [6.45, 7) is 0. The average Bonchev–Trinajstić information content (AvgIpc) is 2.82. The lowest BCUT2D eigenvalue weighted by Crippen LogP contribution is -2.00. The van der Waals surface area contributed by atoms with Crippen LogP contribution in [0.4, 0.5) is 0 Å². The summed E-state index contributed by atoms with van der Waals surface area (Å²) in [6, 6.07) is 9.15. The average molecular weight is 284 g/mol. The molecule has 0 saturated carbocycles. The summed E-state index contributed by atoms with van der Waals surface area (Å²) < 4.78 is 1.68. The van der Waals surface area contributed by atoms with Crippen molar-refractivity contribution in [1.82, 2.24) is 14.4 Å². The fourth-order valence-electron chi connectivity index (χ4n) is 1.91. The number of carbonyl (C=O) groups excluding carboxylic acids is 1. The van der Waals surface area contributed by atoms with E-state index in [1.54, 1.807) is 35.1 Å². The smallest absolute Gasteiger partial charge is 0.205 e. The Bertz CT molecular complexity index is 793. The molecule has 98 valence electrons. The van der Waals surface area contributed by atoms with Crippen molar-refractivity contribution in [2.24, 2.45) is 0 Å². The lowest BCUT2D eigenvalue weighted by atomic mass is 10.2. The first-order valence-corrected chi connectivity index (χ1v) is 6.38. The van der Waals surface area contributed by atoms with Gasteiger partial charge in [0, 0.05) is 18.6 Å². The van der Waals surface area contributed by atoms with Gasteiger partial charge in [0.2, 0.25) is 5.78 Å². The maximum atomic E-state index is 12.3. The molecule has 0 aliphatic heterocycles. The number of carbonyl (C=O) groups is 1. The van der Waals surface area contributed by atoms with Crippen LogP contribution in [0.3, 0.4) is 0 Å². The lowest BCUT2D eigenvalue weighted by molar-refractivity contribution is 0.104. The zero-order chi connectivity index (χ0) is 13.9. The molecule has 0 N–H and O–H groups in total. The molecule has 0 aliphatic rings. The molecule has 0 spiro atoms. The Hall–Kier alpha value is -2.46. The van der Waals surface area contributed by atoms with Crippen molar-refractivity contribution in [2.45, 2.75) is 0 Å². The Kier molecular flexibility index (Phi) is 3.31. The molecule has 0 aliphatic carbocycles. The Morgan fingerprint density at radius 3 is 2.95 bits per heavy atom. The molecular weight excluding hydrogens is 274 g/mol. The van der Waals surface area contributed by atoms with E-state index in [1.165, 1.54) is 6.08 Å². The van der Waals surface area contributed by atoms with Crippen molar-refractivity contribution in [3.8, 4) is 0 Å². The summed E-state index contributed by atoms with van der Waals surface area (Å²) in [5, 5.41) is 0.206. The van der Waals surface area contributed by atoms with Crippen LogP contribution in [0.25, 0.3) is 11.7 Å². The van der Waals surface area contributed by atoms with Crippen LogP contribution >= 0.6 is 11.6 Å². The molecule has 3 heterocycles. The van der Waals surface area contributed by atoms with Crippen LogP contribution in [0.15, 0.2) is 55.0 Å². The van der Waals surface area contributed by atoms with E-state index < -0.39 is 0 Å². The van der Waals surface area contributed by atoms with E-state index in [1.807, 2.05) is 24.3 Å². The summed E-state index contributed by atoms with van der Waals surface area (Å²) in [6.07, 6.45) is 8.30. The molecule has 5 heteroatoms. The van der Waals surface area contributed by atoms with Gasteiger partial charge in [-0.1, -0.05) is 23.7 Å². The normalized spacial score (nSPS) is 11.2. The summed E-state index contributed by atoms with van der Waals surface area (Å²) in [5.41, 5.74) is 1.86. The van der Waals surface area contributed by atoms with Gasteiger partial charge in [0.25, 0.3) is 0 Å². The van der Waals surface area contributed by atoms with Crippen LogP contribution in [0.1, 0.15) is 16.1 Å². The van der Waals surface area contributed by atoms with Gasteiger partial charge in [-0.15, -0.1) is 0 Å². The summed E-state index contributed by atoms with van der Waals surface area (Å²) in [5.74, 6) is -0.197. The SMILES string of the molecule is O=C(/C=C/c1cccnc1)c1c(Cl)nc2ccccn12. The number of halogens is 1. The zero-order valence-corrected chi connectivity index (χ0v) is 11.2. The van der Waals surface area contributed by atoms with Crippen LogP contribution in [-0.4, -0.2) is 20.2 Å². The number of pyridine rings is 2. The largest absolute Gasteiger partial charge is 0.295 e. The number of nitrogens with zero attached hydrogens (tertiary/aromatic N) is 3. The van der Waals surface area contributed by atoms with Gasteiger partial charge in [0.05, 0.1) is 0 Å². The van der Waals surface area contributed by atoms with Gasteiger partial charge in [0.1, 0.15) is 11.3 Å². The van der Waals surface area contributed by atoms with Gasteiger partial charge < -0.3 is 0 Å². The van der Waals surface area contributed by atoms with Gasteiger partial charge in [-0.3, -0.25) is 14.2 Å². The number of aromatic nitrogens is 3. The maximum absolute atomic E-state index is 12.3. The number of hydrogen-bond acceptors (Lipinski definition) is 3. The van der Waals surface area contributed by atoms with Crippen molar-refractivity contribution in [3.63, 3.8) is 0 Å². The Morgan fingerprint density at radius 1 is 1.25 bits per heavy atom. The van der Waals surface area contributed by atoms with Gasteiger partial charge in [-0.2, -0.15) is 0 Å². The first-order chi connectivity index (χ1) is 9.75. The first kappa shape index (κ1) is 12.6. The van der Waals surface area contributed by atoms with Gasteiger partial charge in [-0.25, -0.2) is 4.98 Å². The highest BCUT2D eigenvalue weighted by Crippen LogP contribution is 2.18. The molecule has 0 saturated heterocycles. The number of allylic oxidation sites excluding steroid dienone is 1. The lowest BCUT2D eigenvalue weighted by Gasteiger charge is -1.97. The molecule has 0 fully saturated rings. The fourth-order valence-corrected chi connectivity index (χ4v) is 2.18. The standard InChI is InChI=1S/C15H10ClN3O/c16-15-14(19-9-2-1-5-13(19)18-15)12(20)7-6-11-4-3-8-17-10-11/h1-10H/b7-6+. The number of imidazole rings is 1. The maximum Gasteiger partial charge on any atom is 0.205 e. The Balaban J connectivity index is 1.97. The topological polar surface area (TPSA) is 47.3 Å². The van der Waals surface area contributed by atoms with E-state index in [9.17, 15) is 4.79 Å².